The van der Waals surface area contributed by atoms with E-state index in [9.17, 15) is 31.1 Å². The number of nitrogens with zero attached hydrogens (tertiary/aromatic N) is 6. The quantitative estimate of drug-likeness (QED) is 0.0574. The zero-order valence-corrected chi connectivity index (χ0v) is 36.1. The standard InChI is InChI=1S/C24H27F3N4O2.C14H23N.C9H6F3N3O/c1-2-3-4-8-16-30(17-15-19-9-6-5-7-10-19)23(32)31-18-22(28-29-31)20-11-13-21(14-12-20)33-24(25,26)27;1-2-3-4-8-12-15-13-11-14-9-6-5-7-10-14;10-9(11,12)16-7-3-1-6(2-4-7)8-5-13-15-14-8/h5-7,9-14,18H,2-4,8,15-17H2,1H3;5-7,9-10,15H,2-4,8,11-13H2,1H3;1-5H,(H,13,14,15). The molecule has 2 heterocycles. The van der Waals surface area contributed by atoms with Crippen LogP contribution in [0.5, 0.6) is 11.5 Å². The van der Waals surface area contributed by atoms with E-state index in [4.69, 9.17) is 0 Å². The van der Waals surface area contributed by atoms with Crippen molar-refractivity contribution in [3.8, 4) is 34.0 Å². The Morgan fingerprint density at radius 3 is 1.69 bits per heavy atom. The summed E-state index contributed by atoms with van der Waals surface area (Å²) >= 11 is 0. The molecule has 64 heavy (non-hydrogen) atoms. The number of H-pyrrole nitrogens is 1. The maximum absolute atomic E-state index is 13.1. The predicted octanol–water partition coefficient (Wildman–Crippen LogP) is 11.7. The van der Waals surface area contributed by atoms with Crippen molar-refractivity contribution >= 4 is 6.03 Å². The van der Waals surface area contributed by atoms with Gasteiger partial charge in [-0.25, -0.2) is 4.79 Å². The van der Waals surface area contributed by atoms with Gasteiger partial charge in [0.05, 0.1) is 12.4 Å². The lowest BCUT2D eigenvalue weighted by Crippen LogP contribution is -2.37. The number of halogens is 6. The zero-order chi connectivity index (χ0) is 46.0. The Morgan fingerprint density at radius 2 is 1.17 bits per heavy atom. The highest BCUT2D eigenvalue weighted by Crippen LogP contribution is 2.27. The maximum Gasteiger partial charge on any atom is 0.573 e. The molecule has 0 spiro atoms. The van der Waals surface area contributed by atoms with Gasteiger partial charge < -0.3 is 19.7 Å². The van der Waals surface area contributed by atoms with E-state index in [0.29, 0.717) is 35.6 Å². The molecule has 0 fully saturated rings. The van der Waals surface area contributed by atoms with Crippen molar-refractivity contribution < 1.29 is 40.6 Å². The zero-order valence-electron chi connectivity index (χ0n) is 36.1. The second-order valence-electron chi connectivity index (χ2n) is 14.7. The molecule has 0 unspecified atom stereocenters. The molecule has 4 aromatic carbocycles. The van der Waals surface area contributed by atoms with Gasteiger partial charge in [-0.15, -0.1) is 31.4 Å². The fourth-order valence-corrected chi connectivity index (χ4v) is 6.25. The van der Waals surface area contributed by atoms with E-state index in [0.717, 1.165) is 50.6 Å². The van der Waals surface area contributed by atoms with Crippen molar-refractivity contribution in [2.45, 2.75) is 90.8 Å². The second kappa shape index (κ2) is 27.1. The number of nitrogens with one attached hydrogen (secondary N) is 2. The monoisotopic (exact) mass is 894 g/mol. The van der Waals surface area contributed by atoms with Gasteiger partial charge in [0, 0.05) is 24.2 Å². The van der Waals surface area contributed by atoms with Crippen LogP contribution in [0.4, 0.5) is 31.1 Å². The number of carbonyl (C=O) groups excluding carboxylic acids is 1. The van der Waals surface area contributed by atoms with Crippen molar-refractivity contribution in [2.24, 2.45) is 0 Å². The highest BCUT2D eigenvalue weighted by molar-refractivity contribution is 5.77. The average Bonchev–Trinajstić information content (AvgIpc) is 4.01. The van der Waals surface area contributed by atoms with Crippen LogP contribution >= 0.6 is 0 Å². The highest BCUT2D eigenvalue weighted by atomic mass is 19.4. The van der Waals surface area contributed by atoms with Gasteiger partial charge in [-0.05, 0) is 98.4 Å². The van der Waals surface area contributed by atoms with Crippen molar-refractivity contribution in [3.05, 3.63) is 133 Å². The van der Waals surface area contributed by atoms with E-state index in [1.54, 1.807) is 4.90 Å². The van der Waals surface area contributed by atoms with E-state index in [1.807, 2.05) is 30.3 Å². The second-order valence-corrected chi connectivity index (χ2v) is 14.7. The molecule has 0 atom stereocenters. The molecule has 0 bridgehead atoms. The van der Waals surface area contributed by atoms with Gasteiger partial charge in [0.25, 0.3) is 0 Å². The van der Waals surface area contributed by atoms with Crippen molar-refractivity contribution in [1.29, 1.82) is 0 Å². The summed E-state index contributed by atoms with van der Waals surface area (Å²) in [6.45, 7) is 7.83. The molecule has 11 nitrogen and oxygen atoms in total. The molecule has 0 saturated carbocycles. The third-order valence-corrected chi connectivity index (χ3v) is 9.58. The van der Waals surface area contributed by atoms with Gasteiger partial charge in [-0.1, -0.05) is 118 Å². The molecule has 17 heteroatoms. The number of aromatic nitrogens is 6. The summed E-state index contributed by atoms with van der Waals surface area (Å²) in [4.78, 5) is 14.9. The first kappa shape index (κ1) is 50.4. The number of ether oxygens (including phenoxy) is 2. The number of hydrogen-bond donors (Lipinski definition) is 2. The van der Waals surface area contributed by atoms with Crippen LogP contribution in [0.1, 0.15) is 76.3 Å². The molecule has 0 radical (unpaired) electrons. The van der Waals surface area contributed by atoms with Gasteiger partial charge >= 0.3 is 18.8 Å². The third-order valence-electron chi connectivity index (χ3n) is 9.58. The largest absolute Gasteiger partial charge is 0.573 e. The fourth-order valence-electron chi connectivity index (χ4n) is 6.25. The maximum atomic E-state index is 13.1. The lowest BCUT2D eigenvalue weighted by molar-refractivity contribution is -0.275. The molecular weight excluding hydrogens is 839 g/mol. The number of amides is 1. The fraction of sp³-hybridized carbons (Fsp3) is 0.383. The Bertz CT molecular complexity index is 2130. The Hall–Kier alpha value is -6.23. The van der Waals surface area contributed by atoms with Gasteiger partial charge in [-0.3, -0.25) is 0 Å². The van der Waals surface area contributed by atoms with Crippen LogP contribution in [0.2, 0.25) is 0 Å². The van der Waals surface area contributed by atoms with Gasteiger partial charge in [0.2, 0.25) is 0 Å². The van der Waals surface area contributed by atoms with Crippen molar-refractivity contribution in [3.63, 3.8) is 0 Å². The number of alkyl halides is 6. The van der Waals surface area contributed by atoms with Crippen LogP contribution in [-0.2, 0) is 12.8 Å². The topological polar surface area (TPSA) is 123 Å². The molecule has 0 saturated heterocycles. The minimum absolute atomic E-state index is 0.264. The summed E-state index contributed by atoms with van der Waals surface area (Å²) in [6, 6.07) is 31.0. The molecule has 6 aromatic rings. The summed E-state index contributed by atoms with van der Waals surface area (Å²) in [5.41, 5.74) is 4.70. The Kier molecular flexibility index (Phi) is 21.3. The first-order valence-corrected chi connectivity index (χ1v) is 21.4. The van der Waals surface area contributed by atoms with Gasteiger partial charge in [0.1, 0.15) is 22.9 Å². The number of benzene rings is 4. The first-order chi connectivity index (χ1) is 30.8. The summed E-state index contributed by atoms with van der Waals surface area (Å²) in [7, 11) is 0. The molecular formula is C47H56F6N8O3. The molecule has 2 aromatic heterocycles. The molecule has 344 valence electrons. The summed E-state index contributed by atoms with van der Waals surface area (Å²) < 4.78 is 81.4. The first-order valence-electron chi connectivity index (χ1n) is 21.4. The molecule has 1 amide bonds. The summed E-state index contributed by atoms with van der Waals surface area (Å²) in [5, 5.41) is 21.3. The van der Waals surface area contributed by atoms with Crippen LogP contribution < -0.4 is 14.8 Å². The van der Waals surface area contributed by atoms with Crippen LogP contribution in [0.3, 0.4) is 0 Å². The predicted molar refractivity (Wildman–Crippen MR) is 234 cm³/mol. The number of rotatable bonds is 20. The molecule has 0 aliphatic rings. The average molecular weight is 895 g/mol. The Morgan fingerprint density at radius 1 is 0.641 bits per heavy atom. The molecule has 0 aliphatic carbocycles. The van der Waals surface area contributed by atoms with Crippen LogP contribution in [0, 0.1) is 0 Å². The van der Waals surface area contributed by atoms with Gasteiger partial charge in [-0.2, -0.15) is 20.1 Å². The Labute approximate surface area is 370 Å². The van der Waals surface area contributed by atoms with E-state index >= 15 is 0 Å². The van der Waals surface area contributed by atoms with Crippen LogP contribution in [-0.4, -0.2) is 80.2 Å². The molecule has 6 rings (SSSR count). The van der Waals surface area contributed by atoms with Gasteiger partial charge in [0.15, 0.2) is 0 Å². The smallest absolute Gasteiger partial charge is 0.406 e. The highest BCUT2D eigenvalue weighted by Gasteiger charge is 2.31. The van der Waals surface area contributed by atoms with E-state index in [-0.39, 0.29) is 17.5 Å². The number of hydrogen-bond acceptors (Lipinski definition) is 8. The molecule has 2 N–H and O–H groups in total. The van der Waals surface area contributed by atoms with Crippen molar-refractivity contribution in [1.82, 2.24) is 40.6 Å². The normalized spacial score (nSPS) is 11.2. The minimum Gasteiger partial charge on any atom is -0.406 e. The summed E-state index contributed by atoms with van der Waals surface area (Å²) in [6.07, 6.45) is 4.96. The number of aromatic amines is 1. The van der Waals surface area contributed by atoms with E-state index < -0.39 is 12.7 Å². The Balaban J connectivity index is 0.000000240. The van der Waals surface area contributed by atoms with Crippen LogP contribution in [0.15, 0.2) is 122 Å². The van der Waals surface area contributed by atoms with Crippen molar-refractivity contribution in [2.75, 3.05) is 26.2 Å². The third kappa shape index (κ3) is 19.9. The van der Waals surface area contributed by atoms with E-state index in [1.165, 1.54) is 103 Å². The van der Waals surface area contributed by atoms with Crippen LogP contribution in [0.25, 0.3) is 22.5 Å². The lowest BCUT2D eigenvalue weighted by atomic mass is 10.1. The summed E-state index contributed by atoms with van der Waals surface area (Å²) in [5.74, 6) is -0.589. The van der Waals surface area contributed by atoms with E-state index in [2.05, 4.69) is 84.7 Å². The number of carbonyl (C=O) groups is 1. The molecule has 0 aliphatic heterocycles. The lowest BCUT2D eigenvalue weighted by Gasteiger charge is -2.22. The number of unbranched alkanes of at least 4 members (excludes halogenated alkanes) is 6. The minimum atomic E-state index is -4.75. The SMILES string of the molecule is CCCCCCN(CCc1ccccc1)C(=O)n1cc(-c2ccc(OC(F)(F)F)cc2)nn1.CCCCCCNCCc1ccccc1.FC(F)(F)Oc1ccc(-c2cn[nH]n2)cc1.